The van der Waals surface area contributed by atoms with Gasteiger partial charge in [0.1, 0.15) is 0 Å². The van der Waals surface area contributed by atoms with Gasteiger partial charge in [0.2, 0.25) is 0 Å². The molecule has 1 aromatic rings. The van der Waals surface area contributed by atoms with Crippen LogP contribution in [0.15, 0.2) is 24.3 Å². The number of benzene rings is 1. The molecule has 2 aliphatic rings. The molecule has 0 bridgehead atoms. The Morgan fingerprint density at radius 3 is 2.56 bits per heavy atom. The van der Waals surface area contributed by atoms with Gasteiger partial charge in [-0.25, -0.2) is 0 Å². The van der Waals surface area contributed by atoms with Crippen molar-refractivity contribution in [3.63, 3.8) is 0 Å². The summed E-state index contributed by atoms with van der Waals surface area (Å²) in [5.74, 6) is -0.0475. The molecule has 92 valence electrons. The number of nitriles is 1. The molecule has 3 heteroatoms. The van der Waals surface area contributed by atoms with Gasteiger partial charge in [-0.15, -0.1) is 0 Å². The number of alkyl halides is 1. The number of carbonyl (C=O) groups is 1. The molecule has 0 aromatic heterocycles. The number of halogens is 1. The molecular weight excluding hydrogens is 290 g/mol. The van der Waals surface area contributed by atoms with Crippen molar-refractivity contribution in [2.75, 3.05) is 0 Å². The lowest BCUT2D eigenvalue weighted by molar-refractivity contribution is 0.0851. The SMILES string of the molecule is N#C[C@@]1(Br)C(=O)c2ccccc2CC12CCCC2. The summed E-state index contributed by atoms with van der Waals surface area (Å²) in [6.07, 6.45) is 5.00. The molecule has 1 fully saturated rings. The van der Waals surface area contributed by atoms with Crippen LogP contribution < -0.4 is 0 Å². The summed E-state index contributed by atoms with van der Waals surface area (Å²) in [5.41, 5.74) is 1.62. The highest BCUT2D eigenvalue weighted by atomic mass is 79.9. The summed E-state index contributed by atoms with van der Waals surface area (Å²) < 4.78 is -1.02. The van der Waals surface area contributed by atoms with Crippen LogP contribution >= 0.6 is 15.9 Å². The van der Waals surface area contributed by atoms with Gasteiger partial charge < -0.3 is 0 Å². The topological polar surface area (TPSA) is 40.9 Å². The van der Waals surface area contributed by atoms with E-state index >= 15 is 0 Å². The van der Waals surface area contributed by atoms with Gasteiger partial charge >= 0.3 is 0 Å². The Hall–Kier alpha value is -1.14. The summed E-state index contributed by atoms with van der Waals surface area (Å²) in [6, 6.07) is 9.98. The van der Waals surface area contributed by atoms with Crippen molar-refractivity contribution >= 4 is 21.7 Å². The third-order valence-electron chi connectivity index (χ3n) is 4.55. The Balaban J connectivity index is 2.20. The summed E-state index contributed by atoms with van der Waals surface area (Å²) in [5, 5.41) is 9.55. The van der Waals surface area contributed by atoms with Crippen LogP contribution in [0.25, 0.3) is 0 Å². The first-order valence-corrected chi connectivity index (χ1v) is 7.15. The molecule has 1 aromatic carbocycles. The molecule has 1 spiro atoms. The number of hydrogen-bond donors (Lipinski definition) is 0. The first kappa shape index (κ1) is 11.9. The monoisotopic (exact) mass is 303 g/mol. The molecule has 0 heterocycles. The number of nitrogens with zero attached hydrogens (tertiary/aromatic N) is 1. The second-order valence-electron chi connectivity index (χ2n) is 5.42. The predicted molar refractivity (Wildman–Crippen MR) is 72.6 cm³/mol. The number of Topliss-reactive ketones (excluding diaryl/α,β-unsaturated/α-hetero) is 1. The molecule has 0 saturated heterocycles. The van der Waals surface area contributed by atoms with E-state index in [0.29, 0.717) is 5.56 Å². The van der Waals surface area contributed by atoms with Crippen molar-refractivity contribution in [1.82, 2.24) is 0 Å². The van der Waals surface area contributed by atoms with E-state index in [9.17, 15) is 10.1 Å². The van der Waals surface area contributed by atoms with Crippen LogP contribution in [0.4, 0.5) is 0 Å². The quantitative estimate of drug-likeness (QED) is 0.687. The molecule has 0 radical (unpaired) electrons. The van der Waals surface area contributed by atoms with Crippen LogP contribution in [0.1, 0.15) is 41.6 Å². The van der Waals surface area contributed by atoms with Crippen molar-refractivity contribution in [3.8, 4) is 6.07 Å². The van der Waals surface area contributed by atoms with Gasteiger partial charge in [0.25, 0.3) is 0 Å². The minimum Gasteiger partial charge on any atom is -0.291 e. The summed E-state index contributed by atoms with van der Waals surface area (Å²) >= 11 is 3.50. The van der Waals surface area contributed by atoms with E-state index in [-0.39, 0.29) is 11.2 Å². The normalized spacial score (nSPS) is 29.0. The molecule has 2 nitrogen and oxygen atoms in total. The fourth-order valence-electron chi connectivity index (χ4n) is 3.55. The maximum atomic E-state index is 12.7. The average molecular weight is 304 g/mol. The second-order valence-corrected chi connectivity index (χ2v) is 6.61. The van der Waals surface area contributed by atoms with Crippen LogP contribution in [0.3, 0.4) is 0 Å². The van der Waals surface area contributed by atoms with Crippen LogP contribution in [0, 0.1) is 16.7 Å². The second kappa shape index (κ2) is 3.93. The van der Waals surface area contributed by atoms with Crippen molar-refractivity contribution in [2.24, 2.45) is 5.41 Å². The average Bonchev–Trinajstić information content (AvgIpc) is 2.86. The first-order chi connectivity index (χ1) is 8.63. The molecule has 0 N–H and O–H groups in total. The molecule has 0 aliphatic heterocycles. The summed E-state index contributed by atoms with van der Waals surface area (Å²) in [7, 11) is 0. The lowest BCUT2D eigenvalue weighted by Crippen LogP contribution is -2.51. The van der Waals surface area contributed by atoms with Gasteiger partial charge in [0, 0.05) is 11.0 Å². The van der Waals surface area contributed by atoms with Crippen molar-refractivity contribution in [2.45, 2.75) is 36.4 Å². The van der Waals surface area contributed by atoms with E-state index in [1.165, 1.54) is 0 Å². The maximum absolute atomic E-state index is 12.7. The highest BCUT2D eigenvalue weighted by molar-refractivity contribution is 9.10. The Morgan fingerprint density at radius 2 is 1.89 bits per heavy atom. The van der Waals surface area contributed by atoms with Gasteiger partial charge in [0.05, 0.1) is 6.07 Å². The molecule has 0 amide bonds. The van der Waals surface area contributed by atoms with Crippen molar-refractivity contribution < 1.29 is 4.79 Å². The van der Waals surface area contributed by atoms with Crippen LogP contribution in [0.2, 0.25) is 0 Å². The molecule has 18 heavy (non-hydrogen) atoms. The minimum atomic E-state index is -1.02. The van der Waals surface area contributed by atoms with E-state index < -0.39 is 4.32 Å². The van der Waals surface area contributed by atoms with E-state index in [0.717, 1.165) is 37.7 Å². The standard InChI is InChI=1S/C15H14BrNO/c16-15(10-17)13(18)12-6-2-1-5-11(12)9-14(15)7-3-4-8-14/h1-2,5-6H,3-4,7-9H2/t15-/m1/s1. The van der Waals surface area contributed by atoms with Gasteiger partial charge in [0.15, 0.2) is 10.1 Å². The number of rotatable bonds is 0. The molecule has 3 rings (SSSR count). The number of ketones is 1. The lowest BCUT2D eigenvalue weighted by Gasteiger charge is -2.43. The van der Waals surface area contributed by atoms with E-state index in [2.05, 4.69) is 22.0 Å². The smallest absolute Gasteiger partial charge is 0.194 e. The lowest BCUT2D eigenvalue weighted by atomic mass is 9.63. The van der Waals surface area contributed by atoms with Gasteiger partial charge in [-0.2, -0.15) is 5.26 Å². The third-order valence-corrected chi connectivity index (χ3v) is 5.93. The highest BCUT2D eigenvalue weighted by Crippen LogP contribution is 2.56. The minimum absolute atomic E-state index is 0.0475. The fraction of sp³-hybridized carbons (Fsp3) is 0.467. The number of hydrogen-bond acceptors (Lipinski definition) is 2. The van der Waals surface area contributed by atoms with Gasteiger partial charge in [-0.3, -0.25) is 4.79 Å². The Bertz CT molecular complexity index is 554. The van der Waals surface area contributed by atoms with Crippen LogP contribution in [-0.4, -0.2) is 10.1 Å². The summed E-state index contributed by atoms with van der Waals surface area (Å²) in [6.45, 7) is 0. The van der Waals surface area contributed by atoms with E-state index in [1.54, 1.807) is 0 Å². The zero-order chi connectivity index (χ0) is 12.8. The van der Waals surface area contributed by atoms with Crippen LogP contribution in [0.5, 0.6) is 0 Å². The zero-order valence-corrected chi connectivity index (χ0v) is 11.7. The van der Waals surface area contributed by atoms with Crippen LogP contribution in [-0.2, 0) is 6.42 Å². The Morgan fingerprint density at radius 1 is 1.22 bits per heavy atom. The third kappa shape index (κ3) is 1.36. The van der Waals surface area contributed by atoms with Crippen molar-refractivity contribution in [3.05, 3.63) is 35.4 Å². The van der Waals surface area contributed by atoms with Gasteiger partial charge in [-0.05, 0) is 24.8 Å². The van der Waals surface area contributed by atoms with Crippen molar-refractivity contribution in [1.29, 1.82) is 5.26 Å². The molecule has 1 atom stereocenters. The molecule has 1 saturated carbocycles. The highest BCUT2D eigenvalue weighted by Gasteiger charge is 2.59. The number of fused-ring (bicyclic) bond motifs is 1. The maximum Gasteiger partial charge on any atom is 0.194 e. The predicted octanol–water partition coefficient (Wildman–Crippen LogP) is 3.64. The summed E-state index contributed by atoms with van der Waals surface area (Å²) in [4.78, 5) is 12.7. The van der Waals surface area contributed by atoms with E-state index in [4.69, 9.17) is 0 Å². The number of carbonyl (C=O) groups excluding carboxylic acids is 1. The van der Waals surface area contributed by atoms with E-state index in [1.807, 2.05) is 24.3 Å². The fourth-order valence-corrected chi connectivity index (χ4v) is 4.30. The van der Waals surface area contributed by atoms with Gasteiger partial charge in [-0.1, -0.05) is 53.0 Å². The molecule has 2 aliphatic carbocycles. The largest absolute Gasteiger partial charge is 0.291 e. The Kier molecular flexibility index (Phi) is 2.60. The molecular formula is C15H14BrNO. The first-order valence-electron chi connectivity index (χ1n) is 6.36. The zero-order valence-electron chi connectivity index (χ0n) is 10.1. The molecule has 0 unspecified atom stereocenters. The Labute approximate surface area is 115 Å².